The van der Waals surface area contributed by atoms with Crippen molar-refractivity contribution < 1.29 is 9.21 Å². The number of benzene rings is 2. The molecular weight excluding hydrogens is 326 g/mol. The van der Waals surface area contributed by atoms with E-state index in [1.807, 2.05) is 13.0 Å². The highest BCUT2D eigenvalue weighted by molar-refractivity contribution is 6.30. The largest absolute Gasteiger partial charge is 0.463 e. The molecule has 4 nitrogen and oxygen atoms in total. The molecule has 5 heteroatoms. The number of amides is 1. The lowest BCUT2D eigenvalue weighted by atomic mass is 10.1. The second-order valence-corrected chi connectivity index (χ2v) is 5.79. The maximum atomic E-state index is 12.4. The Balaban J connectivity index is 1.84. The second kappa shape index (κ2) is 6.72. The zero-order valence-electron chi connectivity index (χ0n) is 12.9. The van der Waals surface area contributed by atoms with Gasteiger partial charge in [-0.25, -0.2) is 0 Å². The molecular formula is C19H14ClNO3. The summed E-state index contributed by atoms with van der Waals surface area (Å²) in [6, 6.07) is 12.2. The maximum Gasteiger partial charge on any atom is 0.248 e. The highest BCUT2D eigenvalue weighted by Gasteiger charge is 2.06. The third-order valence-electron chi connectivity index (χ3n) is 3.46. The van der Waals surface area contributed by atoms with Crippen LogP contribution in [0, 0.1) is 6.92 Å². The van der Waals surface area contributed by atoms with Crippen LogP contribution in [0.1, 0.15) is 11.1 Å². The lowest BCUT2D eigenvalue weighted by Crippen LogP contribution is -2.09. The predicted octanol–water partition coefficient (Wildman–Crippen LogP) is 4.41. The summed E-state index contributed by atoms with van der Waals surface area (Å²) in [5.41, 5.74) is 2.21. The smallest absolute Gasteiger partial charge is 0.248 e. The molecule has 24 heavy (non-hydrogen) atoms. The minimum Gasteiger partial charge on any atom is -0.463 e. The van der Waals surface area contributed by atoms with E-state index in [9.17, 15) is 9.59 Å². The van der Waals surface area contributed by atoms with Gasteiger partial charge in [0.2, 0.25) is 5.91 Å². The van der Waals surface area contributed by atoms with Crippen LogP contribution in [0.2, 0.25) is 5.02 Å². The fourth-order valence-corrected chi connectivity index (χ4v) is 2.48. The zero-order chi connectivity index (χ0) is 17.1. The van der Waals surface area contributed by atoms with Crippen molar-refractivity contribution in [1.29, 1.82) is 0 Å². The van der Waals surface area contributed by atoms with Crippen LogP contribution in [0.25, 0.3) is 17.0 Å². The van der Waals surface area contributed by atoms with Gasteiger partial charge in [0.1, 0.15) is 11.8 Å². The number of hydrogen-bond donors (Lipinski definition) is 1. The van der Waals surface area contributed by atoms with Gasteiger partial charge >= 0.3 is 0 Å². The van der Waals surface area contributed by atoms with Crippen molar-refractivity contribution in [2.45, 2.75) is 6.92 Å². The Kier molecular flexibility index (Phi) is 4.49. The zero-order valence-corrected chi connectivity index (χ0v) is 13.6. The minimum atomic E-state index is -0.360. The topological polar surface area (TPSA) is 59.3 Å². The van der Waals surface area contributed by atoms with Crippen molar-refractivity contribution in [2.24, 2.45) is 0 Å². The predicted molar refractivity (Wildman–Crippen MR) is 96.3 cm³/mol. The Hall–Kier alpha value is -2.85. The molecule has 1 N–H and O–H groups in total. The number of hydrogen-bond acceptors (Lipinski definition) is 3. The summed E-state index contributed by atoms with van der Waals surface area (Å²) in [5.74, 6) is -0.360. The van der Waals surface area contributed by atoms with E-state index in [0.717, 1.165) is 5.56 Å². The SMILES string of the molecule is Cc1ccc2occ(/C=C/C(=O)Nc3cccc(Cl)c3)c(=O)c2c1. The van der Waals surface area contributed by atoms with Crippen LogP contribution >= 0.6 is 11.6 Å². The van der Waals surface area contributed by atoms with Crippen molar-refractivity contribution >= 4 is 40.2 Å². The molecule has 0 bridgehead atoms. The van der Waals surface area contributed by atoms with Crippen molar-refractivity contribution in [3.8, 4) is 0 Å². The lowest BCUT2D eigenvalue weighted by Gasteiger charge is -2.02. The van der Waals surface area contributed by atoms with Gasteiger partial charge in [0.25, 0.3) is 0 Å². The first-order chi connectivity index (χ1) is 11.5. The van der Waals surface area contributed by atoms with E-state index in [1.54, 1.807) is 36.4 Å². The Labute approximate surface area is 143 Å². The van der Waals surface area contributed by atoms with E-state index in [-0.39, 0.29) is 11.3 Å². The molecule has 2 aromatic carbocycles. The fourth-order valence-electron chi connectivity index (χ4n) is 2.29. The van der Waals surface area contributed by atoms with Gasteiger partial charge < -0.3 is 9.73 Å². The molecule has 0 aliphatic carbocycles. The van der Waals surface area contributed by atoms with E-state index in [0.29, 0.717) is 27.2 Å². The first kappa shape index (κ1) is 16.0. The van der Waals surface area contributed by atoms with Crippen LogP contribution in [0.4, 0.5) is 5.69 Å². The Morgan fingerprint density at radius 1 is 1.21 bits per heavy atom. The number of rotatable bonds is 3. The molecule has 120 valence electrons. The Bertz CT molecular complexity index is 1000. The lowest BCUT2D eigenvalue weighted by molar-refractivity contribution is -0.111. The number of anilines is 1. The van der Waals surface area contributed by atoms with Gasteiger partial charge in [-0.05, 0) is 43.3 Å². The van der Waals surface area contributed by atoms with Gasteiger partial charge in [-0.2, -0.15) is 0 Å². The number of halogens is 1. The van der Waals surface area contributed by atoms with Gasteiger partial charge in [-0.1, -0.05) is 29.3 Å². The van der Waals surface area contributed by atoms with E-state index in [1.165, 1.54) is 18.4 Å². The number of carbonyl (C=O) groups is 1. The molecule has 0 aliphatic heterocycles. The molecule has 0 saturated carbocycles. The molecule has 0 spiro atoms. The summed E-state index contributed by atoms with van der Waals surface area (Å²) in [6.07, 6.45) is 4.07. The molecule has 1 amide bonds. The Morgan fingerprint density at radius 2 is 2.04 bits per heavy atom. The van der Waals surface area contributed by atoms with Gasteiger partial charge in [0.15, 0.2) is 5.43 Å². The van der Waals surface area contributed by atoms with E-state index in [2.05, 4.69) is 5.32 Å². The normalized spacial score (nSPS) is 11.1. The molecule has 1 aromatic heterocycles. The van der Waals surface area contributed by atoms with Gasteiger partial charge in [-0.15, -0.1) is 0 Å². The number of carbonyl (C=O) groups excluding carboxylic acids is 1. The fraction of sp³-hybridized carbons (Fsp3) is 0.0526. The monoisotopic (exact) mass is 339 g/mol. The molecule has 3 aromatic rings. The molecule has 0 aliphatic rings. The van der Waals surface area contributed by atoms with Crippen LogP contribution in [-0.2, 0) is 4.79 Å². The minimum absolute atomic E-state index is 0.174. The molecule has 3 rings (SSSR count). The molecule has 0 saturated heterocycles. The van der Waals surface area contributed by atoms with Gasteiger partial charge in [-0.3, -0.25) is 9.59 Å². The number of fused-ring (bicyclic) bond motifs is 1. The highest BCUT2D eigenvalue weighted by atomic mass is 35.5. The summed E-state index contributed by atoms with van der Waals surface area (Å²) in [6.45, 7) is 1.90. The van der Waals surface area contributed by atoms with E-state index < -0.39 is 0 Å². The average Bonchev–Trinajstić information content (AvgIpc) is 2.55. The standard InChI is InChI=1S/C19H14ClNO3/c1-12-5-7-17-16(9-12)19(23)13(11-24-17)6-8-18(22)21-15-4-2-3-14(20)10-15/h2-11H,1H3,(H,21,22)/b8-6+. The molecule has 0 fully saturated rings. The number of aryl methyl sites for hydroxylation is 1. The van der Waals surface area contributed by atoms with E-state index >= 15 is 0 Å². The third-order valence-corrected chi connectivity index (χ3v) is 3.70. The second-order valence-electron chi connectivity index (χ2n) is 5.35. The van der Waals surface area contributed by atoms with Crippen molar-refractivity contribution in [2.75, 3.05) is 5.32 Å². The third kappa shape index (κ3) is 3.55. The first-order valence-corrected chi connectivity index (χ1v) is 7.67. The molecule has 0 unspecified atom stereocenters. The molecule has 0 radical (unpaired) electrons. The van der Waals surface area contributed by atoms with Crippen LogP contribution in [0.5, 0.6) is 0 Å². The first-order valence-electron chi connectivity index (χ1n) is 7.30. The van der Waals surface area contributed by atoms with Gasteiger partial charge in [0.05, 0.1) is 10.9 Å². The molecule has 0 atom stereocenters. The van der Waals surface area contributed by atoms with Crippen molar-refractivity contribution in [1.82, 2.24) is 0 Å². The Morgan fingerprint density at radius 3 is 2.83 bits per heavy atom. The molecule has 1 heterocycles. The van der Waals surface area contributed by atoms with Crippen molar-refractivity contribution in [3.05, 3.63) is 81.2 Å². The summed E-state index contributed by atoms with van der Waals surface area (Å²) in [7, 11) is 0. The summed E-state index contributed by atoms with van der Waals surface area (Å²) < 4.78 is 5.44. The quantitative estimate of drug-likeness (QED) is 0.719. The highest BCUT2D eigenvalue weighted by Crippen LogP contribution is 2.16. The average molecular weight is 340 g/mol. The van der Waals surface area contributed by atoms with Crippen molar-refractivity contribution in [3.63, 3.8) is 0 Å². The van der Waals surface area contributed by atoms with Crippen LogP contribution in [-0.4, -0.2) is 5.91 Å². The summed E-state index contributed by atoms with van der Waals surface area (Å²) >= 11 is 5.87. The van der Waals surface area contributed by atoms with Crippen LogP contribution < -0.4 is 10.7 Å². The maximum absolute atomic E-state index is 12.4. The summed E-state index contributed by atoms with van der Waals surface area (Å²) in [4.78, 5) is 24.4. The van der Waals surface area contributed by atoms with Crippen LogP contribution in [0.15, 0.2) is 64.0 Å². The number of nitrogens with one attached hydrogen (secondary N) is 1. The summed E-state index contributed by atoms with van der Waals surface area (Å²) in [5, 5.41) is 3.70. The van der Waals surface area contributed by atoms with E-state index in [4.69, 9.17) is 16.0 Å². The van der Waals surface area contributed by atoms with Crippen LogP contribution in [0.3, 0.4) is 0 Å². The van der Waals surface area contributed by atoms with Gasteiger partial charge in [0, 0.05) is 16.8 Å².